The molecule has 0 unspecified atom stereocenters. The fourth-order valence-electron chi connectivity index (χ4n) is 1.33. The van der Waals surface area contributed by atoms with E-state index in [1.165, 1.54) is 0 Å². The minimum absolute atomic E-state index is 0. The summed E-state index contributed by atoms with van der Waals surface area (Å²) in [5.74, 6) is -2.61. The first-order valence-corrected chi connectivity index (χ1v) is 5.71. The normalized spacial score (nSPS) is 11.2. The maximum absolute atomic E-state index is 11.4. The third kappa shape index (κ3) is 10.6. The van der Waals surface area contributed by atoms with Crippen molar-refractivity contribution in [3.63, 3.8) is 0 Å². The Morgan fingerprint density at radius 2 is 1.78 bits per heavy atom. The summed E-state index contributed by atoms with van der Waals surface area (Å²) in [6, 6.07) is -1.11. The summed E-state index contributed by atoms with van der Waals surface area (Å²) in [6.07, 6.45) is 2.53. The molecule has 0 bridgehead atoms. The number of unbranched alkanes of at least 4 members (excludes halogenated alkanes) is 2. The number of carbonyl (C=O) groups excluding carboxylic acids is 1. The molecule has 0 fully saturated rings. The molecule has 1 amide bonds. The Hall–Kier alpha value is -0.590. The average Bonchev–Trinajstić information content (AvgIpc) is 2.23. The van der Waals surface area contributed by atoms with Crippen molar-refractivity contribution in [2.75, 3.05) is 0 Å². The molecule has 0 saturated heterocycles. The molecule has 3 N–H and O–H groups in total. The molecule has 0 saturated carbocycles. The van der Waals surface area contributed by atoms with E-state index in [-0.39, 0.29) is 56.2 Å². The van der Waals surface area contributed by atoms with Gasteiger partial charge in [0.05, 0.1) is 0 Å². The van der Waals surface area contributed by atoms with Crippen molar-refractivity contribution in [1.82, 2.24) is 5.32 Å². The van der Waals surface area contributed by atoms with E-state index in [9.17, 15) is 14.4 Å². The van der Waals surface area contributed by atoms with Gasteiger partial charge in [0, 0.05) is 12.8 Å². The molecule has 0 heterocycles. The van der Waals surface area contributed by atoms with E-state index in [0.29, 0.717) is 6.42 Å². The van der Waals surface area contributed by atoms with Crippen LogP contribution in [-0.4, -0.2) is 34.1 Å². The van der Waals surface area contributed by atoms with Gasteiger partial charge < -0.3 is 17.0 Å². The van der Waals surface area contributed by atoms with E-state index in [2.05, 4.69) is 5.32 Å². The Morgan fingerprint density at radius 1 is 1.17 bits per heavy atom. The van der Waals surface area contributed by atoms with E-state index >= 15 is 0 Å². The van der Waals surface area contributed by atoms with Gasteiger partial charge in [-0.25, -0.2) is 4.79 Å². The quantitative estimate of drug-likeness (QED) is 0.336. The van der Waals surface area contributed by atoms with Gasteiger partial charge in [-0.05, 0) is 12.8 Å². The molecular weight excluding hydrogens is 249 g/mol. The van der Waals surface area contributed by atoms with Crippen LogP contribution in [0.25, 0.3) is 0 Å². The average molecular weight is 269 g/mol. The third-order valence-corrected chi connectivity index (χ3v) is 2.29. The second kappa shape index (κ2) is 11.5. The van der Waals surface area contributed by atoms with Gasteiger partial charge >= 0.3 is 41.5 Å². The van der Waals surface area contributed by atoms with Crippen LogP contribution in [0.3, 0.4) is 0 Å². The van der Waals surface area contributed by atoms with Gasteiger partial charge in [-0.2, -0.15) is 0 Å². The summed E-state index contributed by atoms with van der Waals surface area (Å²) in [6.45, 7) is 2.00. The zero-order valence-electron chi connectivity index (χ0n) is 11.9. The number of carbonyl (C=O) groups is 3. The smallest absolute Gasteiger partial charge is 1.00 e. The standard InChI is InChI=1S/C11H19NO5.Na.H/c1-2-3-4-5-9(13)12-8(11(16)17)6-7-10(14)15;;/h8H,2-7H2,1H3,(H,12,13)(H,14,15)(H,16,17);;/q;+1;-1/t8-;;/m0../s1. The molecule has 0 aliphatic rings. The predicted octanol–water partition coefficient (Wildman–Crippen LogP) is -1.88. The van der Waals surface area contributed by atoms with E-state index in [4.69, 9.17) is 10.2 Å². The number of nitrogens with one attached hydrogen (secondary N) is 1. The van der Waals surface area contributed by atoms with Gasteiger partial charge in [0.2, 0.25) is 5.91 Å². The van der Waals surface area contributed by atoms with Crippen LogP contribution < -0.4 is 34.9 Å². The zero-order chi connectivity index (χ0) is 13.3. The molecule has 0 spiro atoms. The number of amides is 1. The third-order valence-electron chi connectivity index (χ3n) is 2.29. The van der Waals surface area contributed by atoms with Gasteiger partial charge in [0.25, 0.3) is 0 Å². The predicted molar refractivity (Wildman–Crippen MR) is 61.7 cm³/mol. The first-order valence-electron chi connectivity index (χ1n) is 5.71. The van der Waals surface area contributed by atoms with Crippen LogP contribution in [0, 0.1) is 0 Å². The molecule has 0 aromatic rings. The molecule has 1 atom stereocenters. The minimum atomic E-state index is -1.20. The molecule has 0 rings (SSSR count). The maximum atomic E-state index is 11.4. The summed E-state index contributed by atoms with van der Waals surface area (Å²) < 4.78 is 0. The molecule has 0 radical (unpaired) electrons. The van der Waals surface area contributed by atoms with E-state index in [1.54, 1.807) is 0 Å². The summed E-state index contributed by atoms with van der Waals surface area (Å²) in [5.41, 5.74) is 0. The molecule has 0 aliphatic carbocycles. The number of carboxylic acids is 2. The van der Waals surface area contributed by atoms with Crippen LogP contribution in [0.5, 0.6) is 0 Å². The molecule has 0 aromatic carbocycles. The van der Waals surface area contributed by atoms with Crippen molar-refractivity contribution in [1.29, 1.82) is 0 Å². The molecular formula is C11H20NNaO5. The SMILES string of the molecule is CCCCCC(=O)N[C@@H](CCC(=O)O)C(=O)O.[H-].[Na+]. The van der Waals surface area contributed by atoms with Crippen LogP contribution in [0.1, 0.15) is 46.9 Å². The Balaban J connectivity index is -0.00000128. The van der Waals surface area contributed by atoms with Crippen molar-refractivity contribution in [2.24, 2.45) is 0 Å². The van der Waals surface area contributed by atoms with Gasteiger partial charge in [-0.15, -0.1) is 0 Å². The molecule has 100 valence electrons. The van der Waals surface area contributed by atoms with Crippen molar-refractivity contribution in [3.8, 4) is 0 Å². The van der Waals surface area contributed by atoms with E-state index in [0.717, 1.165) is 12.8 Å². The first-order chi connectivity index (χ1) is 7.97. The van der Waals surface area contributed by atoms with Crippen LogP contribution in [0.4, 0.5) is 0 Å². The van der Waals surface area contributed by atoms with Crippen molar-refractivity contribution in [3.05, 3.63) is 0 Å². The Bertz CT molecular complexity index is 288. The fraction of sp³-hybridized carbons (Fsp3) is 0.727. The largest absolute Gasteiger partial charge is 1.00 e. The summed E-state index contributed by atoms with van der Waals surface area (Å²) >= 11 is 0. The number of hydrogen-bond acceptors (Lipinski definition) is 3. The molecule has 7 heteroatoms. The van der Waals surface area contributed by atoms with Crippen LogP contribution in [0.15, 0.2) is 0 Å². The number of rotatable bonds is 9. The van der Waals surface area contributed by atoms with Crippen molar-refractivity contribution < 1.29 is 55.6 Å². The van der Waals surface area contributed by atoms with Gasteiger partial charge in [0.1, 0.15) is 6.04 Å². The Morgan fingerprint density at radius 3 is 2.22 bits per heavy atom. The zero-order valence-corrected chi connectivity index (χ0v) is 12.9. The van der Waals surface area contributed by atoms with Crippen molar-refractivity contribution >= 4 is 17.8 Å². The number of carboxylic acid groups (broad SMARTS) is 2. The second-order valence-electron chi connectivity index (χ2n) is 3.85. The van der Waals surface area contributed by atoms with Gasteiger partial charge in [0.15, 0.2) is 0 Å². The number of aliphatic carboxylic acids is 2. The fourth-order valence-corrected chi connectivity index (χ4v) is 1.33. The van der Waals surface area contributed by atoms with Crippen LogP contribution >= 0.6 is 0 Å². The van der Waals surface area contributed by atoms with Crippen LogP contribution in [0.2, 0.25) is 0 Å². The van der Waals surface area contributed by atoms with Crippen LogP contribution in [-0.2, 0) is 14.4 Å². The Kier molecular flexibility index (Phi) is 12.6. The van der Waals surface area contributed by atoms with E-state index in [1.807, 2.05) is 6.92 Å². The second-order valence-corrected chi connectivity index (χ2v) is 3.85. The summed E-state index contributed by atoms with van der Waals surface area (Å²) in [4.78, 5) is 32.4. The monoisotopic (exact) mass is 269 g/mol. The summed E-state index contributed by atoms with van der Waals surface area (Å²) in [7, 11) is 0. The van der Waals surface area contributed by atoms with E-state index < -0.39 is 18.0 Å². The van der Waals surface area contributed by atoms with Gasteiger partial charge in [-0.1, -0.05) is 19.8 Å². The Labute approximate surface area is 130 Å². The topological polar surface area (TPSA) is 104 Å². The number of hydrogen-bond donors (Lipinski definition) is 3. The molecule has 6 nitrogen and oxygen atoms in total. The molecule has 0 aliphatic heterocycles. The first kappa shape index (κ1) is 19.7. The van der Waals surface area contributed by atoms with Crippen molar-refractivity contribution in [2.45, 2.75) is 51.5 Å². The summed E-state index contributed by atoms with van der Waals surface area (Å²) in [5, 5.41) is 19.6. The molecule has 18 heavy (non-hydrogen) atoms. The molecule has 0 aromatic heterocycles. The minimum Gasteiger partial charge on any atom is -1.00 e. The van der Waals surface area contributed by atoms with Gasteiger partial charge in [-0.3, -0.25) is 9.59 Å². The maximum Gasteiger partial charge on any atom is 1.00 e.